The number of alkyl halides is 1. The topological polar surface area (TPSA) is 23.8 Å². The minimum atomic E-state index is 0.253. The Hall–Kier alpha value is -0.220. The molecule has 0 rings (SSSR count). The second-order valence-corrected chi connectivity index (χ2v) is 2.80. The van der Waals surface area contributed by atoms with Crippen molar-refractivity contribution in [2.24, 2.45) is 5.92 Å². The largest absolute Gasteiger partial charge is 0.198 e. The van der Waals surface area contributed by atoms with Gasteiger partial charge >= 0.3 is 0 Å². The summed E-state index contributed by atoms with van der Waals surface area (Å²) in [5.74, 6) is 0.977. The molecular formula is C8H14ClN. The zero-order chi connectivity index (χ0) is 7.82. The highest BCUT2D eigenvalue weighted by atomic mass is 35.5. The predicted molar refractivity (Wildman–Crippen MR) is 44.0 cm³/mol. The average molecular weight is 160 g/mol. The summed E-state index contributed by atoms with van der Waals surface area (Å²) in [4.78, 5) is 0. The fraction of sp³-hybridized carbons (Fsp3) is 0.875. The van der Waals surface area contributed by atoms with Crippen LogP contribution in [-0.4, -0.2) is 5.88 Å². The molecule has 1 unspecified atom stereocenters. The highest BCUT2D eigenvalue weighted by Gasteiger charge is 2.01. The molecule has 0 aliphatic carbocycles. The Morgan fingerprint density at radius 2 is 2.20 bits per heavy atom. The number of nitriles is 1. The van der Waals surface area contributed by atoms with Crippen molar-refractivity contribution >= 4 is 11.6 Å². The molecule has 0 spiro atoms. The molecule has 0 aliphatic rings. The molecule has 0 aromatic carbocycles. The van der Waals surface area contributed by atoms with E-state index in [4.69, 9.17) is 16.9 Å². The Balaban J connectivity index is 3.20. The summed E-state index contributed by atoms with van der Waals surface area (Å²) in [7, 11) is 0. The van der Waals surface area contributed by atoms with Gasteiger partial charge in [0.15, 0.2) is 0 Å². The summed E-state index contributed by atoms with van der Waals surface area (Å²) < 4.78 is 0. The second-order valence-electron chi connectivity index (χ2n) is 2.42. The summed E-state index contributed by atoms with van der Waals surface area (Å²) in [5, 5.41) is 8.54. The Morgan fingerprint density at radius 1 is 1.50 bits per heavy atom. The summed E-state index contributed by atoms with van der Waals surface area (Å²) in [6, 6.07) is 2.27. The lowest BCUT2D eigenvalue weighted by molar-refractivity contribution is 0.552. The number of hydrogen-bond acceptors (Lipinski definition) is 1. The van der Waals surface area contributed by atoms with Gasteiger partial charge in [-0.05, 0) is 19.3 Å². The highest BCUT2D eigenvalue weighted by molar-refractivity contribution is 6.17. The van der Waals surface area contributed by atoms with Crippen LogP contribution >= 0.6 is 11.6 Å². The zero-order valence-corrected chi connectivity index (χ0v) is 7.19. The Labute approximate surface area is 68.0 Å². The first-order valence-electron chi connectivity index (χ1n) is 3.80. The van der Waals surface area contributed by atoms with Gasteiger partial charge in [0.1, 0.15) is 0 Å². The van der Waals surface area contributed by atoms with Crippen LogP contribution in [-0.2, 0) is 0 Å². The monoisotopic (exact) mass is 159 g/mol. The molecule has 0 amide bonds. The van der Waals surface area contributed by atoms with Crippen molar-refractivity contribution in [2.45, 2.75) is 32.6 Å². The van der Waals surface area contributed by atoms with E-state index >= 15 is 0 Å². The standard InChI is InChI=1S/C8H14ClN/c1-2-8(7-10)5-3-4-6-9/h8H,2-6H2,1H3. The van der Waals surface area contributed by atoms with Crippen LogP contribution in [0.25, 0.3) is 0 Å². The van der Waals surface area contributed by atoms with Crippen LogP contribution in [0.1, 0.15) is 32.6 Å². The number of hydrogen-bond donors (Lipinski definition) is 0. The molecule has 1 nitrogen and oxygen atoms in total. The molecule has 2 heteroatoms. The molecule has 0 saturated heterocycles. The zero-order valence-electron chi connectivity index (χ0n) is 6.44. The first-order valence-corrected chi connectivity index (χ1v) is 4.34. The number of halogens is 1. The molecule has 0 aromatic rings. The molecule has 10 heavy (non-hydrogen) atoms. The van der Waals surface area contributed by atoms with E-state index in [-0.39, 0.29) is 5.92 Å². The van der Waals surface area contributed by atoms with Crippen LogP contribution in [0.15, 0.2) is 0 Å². The quantitative estimate of drug-likeness (QED) is 0.447. The lowest BCUT2D eigenvalue weighted by Gasteiger charge is -2.02. The third-order valence-electron chi connectivity index (χ3n) is 1.61. The van der Waals surface area contributed by atoms with E-state index in [0.717, 1.165) is 31.6 Å². The van der Waals surface area contributed by atoms with Crippen LogP contribution in [0.5, 0.6) is 0 Å². The van der Waals surface area contributed by atoms with E-state index in [1.807, 2.05) is 0 Å². The third-order valence-corrected chi connectivity index (χ3v) is 1.88. The normalized spacial score (nSPS) is 12.5. The van der Waals surface area contributed by atoms with Crippen molar-refractivity contribution in [1.29, 1.82) is 5.26 Å². The van der Waals surface area contributed by atoms with E-state index in [2.05, 4.69) is 13.0 Å². The van der Waals surface area contributed by atoms with Crippen LogP contribution in [0, 0.1) is 17.2 Å². The van der Waals surface area contributed by atoms with Gasteiger partial charge in [-0.3, -0.25) is 0 Å². The van der Waals surface area contributed by atoms with E-state index in [1.165, 1.54) is 0 Å². The van der Waals surface area contributed by atoms with Gasteiger partial charge in [0.25, 0.3) is 0 Å². The van der Waals surface area contributed by atoms with E-state index in [1.54, 1.807) is 0 Å². The van der Waals surface area contributed by atoms with Gasteiger partial charge in [-0.2, -0.15) is 5.26 Å². The molecule has 58 valence electrons. The van der Waals surface area contributed by atoms with Crippen molar-refractivity contribution in [3.05, 3.63) is 0 Å². The molecule has 0 aromatic heterocycles. The van der Waals surface area contributed by atoms with Gasteiger partial charge in [-0.15, -0.1) is 11.6 Å². The van der Waals surface area contributed by atoms with Gasteiger partial charge in [0, 0.05) is 11.8 Å². The van der Waals surface area contributed by atoms with Crippen LogP contribution in [0.3, 0.4) is 0 Å². The Bertz CT molecular complexity index is 106. The van der Waals surface area contributed by atoms with Crippen molar-refractivity contribution < 1.29 is 0 Å². The van der Waals surface area contributed by atoms with Crippen LogP contribution in [0.4, 0.5) is 0 Å². The fourth-order valence-corrected chi connectivity index (χ4v) is 1.03. The average Bonchev–Trinajstić information content (AvgIpc) is 1.99. The summed E-state index contributed by atoms with van der Waals surface area (Å²) in [6.45, 7) is 2.05. The number of nitrogens with zero attached hydrogens (tertiary/aromatic N) is 1. The van der Waals surface area contributed by atoms with Gasteiger partial charge in [0.05, 0.1) is 6.07 Å². The van der Waals surface area contributed by atoms with E-state index < -0.39 is 0 Å². The Kier molecular flexibility index (Phi) is 6.74. The molecule has 0 radical (unpaired) electrons. The van der Waals surface area contributed by atoms with Gasteiger partial charge in [0.2, 0.25) is 0 Å². The first kappa shape index (κ1) is 9.78. The molecule has 0 bridgehead atoms. The van der Waals surface area contributed by atoms with Crippen molar-refractivity contribution in [1.82, 2.24) is 0 Å². The molecule has 0 N–H and O–H groups in total. The predicted octanol–water partition coefficient (Wildman–Crippen LogP) is 2.95. The summed E-state index contributed by atoms with van der Waals surface area (Å²) >= 11 is 5.49. The highest BCUT2D eigenvalue weighted by Crippen LogP contribution is 2.10. The maximum absolute atomic E-state index is 8.54. The van der Waals surface area contributed by atoms with Crippen molar-refractivity contribution in [3.8, 4) is 6.07 Å². The van der Waals surface area contributed by atoms with Crippen molar-refractivity contribution in [3.63, 3.8) is 0 Å². The smallest absolute Gasteiger partial charge is 0.0655 e. The molecule has 0 aliphatic heterocycles. The SMILES string of the molecule is CCC(C#N)CCCCCl. The molecule has 0 fully saturated rings. The van der Waals surface area contributed by atoms with Gasteiger partial charge in [-0.1, -0.05) is 13.3 Å². The van der Waals surface area contributed by atoms with Gasteiger partial charge < -0.3 is 0 Å². The fourth-order valence-electron chi connectivity index (χ4n) is 0.845. The van der Waals surface area contributed by atoms with Crippen LogP contribution < -0.4 is 0 Å². The van der Waals surface area contributed by atoms with Gasteiger partial charge in [-0.25, -0.2) is 0 Å². The third kappa shape index (κ3) is 4.64. The maximum Gasteiger partial charge on any atom is 0.0655 e. The lowest BCUT2D eigenvalue weighted by atomic mass is 10.0. The lowest BCUT2D eigenvalue weighted by Crippen LogP contribution is -1.94. The summed E-state index contributed by atoms with van der Waals surface area (Å²) in [5.41, 5.74) is 0. The Morgan fingerprint density at radius 3 is 2.60 bits per heavy atom. The first-order chi connectivity index (χ1) is 4.85. The summed E-state index contributed by atoms with van der Waals surface area (Å²) in [6.07, 6.45) is 4.12. The minimum Gasteiger partial charge on any atom is -0.198 e. The van der Waals surface area contributed by atoms with E-state index in [9.17, 15) is 0 Å². The molecule has 0 heterocycles. The molecular weight excluding hydrogens is 146 g/mol. The number of unbranched alkanes of at least 4 members (excludes halogenated alkanes) is 1. The molecule has 0 saturated carbocycles. The van der Waals surface area contributed by atoms with Crippen LogP contribution in [0.2, 0.25) is 0 Å². The minimum absolute atomic E-state index is 0.253. The number of rotatable bonds is 5. The van der Waals surface area contributed by atoms with Crippen molar-refractivity contribution in [2.75, 3.05) is 5.88 Å². The molecule has 1 atom stereocenters. The van der Waals surface area contributed by atoms with E-state index in [0.29, 0.717) is 0 Å². The second kappa shape index (κ2) is 6.89. The maximum atomic E-state index is 8.54.